The van der Waals surface area contributed by atoms with Gasteiger partial charge in [-0.2, -0.15) is 0 Å². The van der Waals surface area contributed by atoms with Gasteiger partial charge in [-0.05, 0) is 31.1 Å². The molecule has 3 rings (SSSR count). The van der Waals surface area contributed by atoms with Crippen molar-refractivity contribution in [3.05, 3.63) is 0 Å². The summed E-state index contributed by atoms with van der Waals surface area (Å²) in [6.07, 6.45) is 2.57. The second kappa shape index (κ2) is 3.70. The van der Waals surface area contributed by atoms with Crippen LogP contribution in [-0.2, 0) is 9.59 Å². The second-order valence-corrected chi connectivity index (χ2v) is 5.66. The maximum Gasteiger partial charge on any atom is 0.326 e. The Balaban J connectivity index is 1.69. The zero-order chi connectivity index (χ0) is 12.2. The van der Waals surface area contributed by atoms with Gasteiger partial charge in [0.25, 0.3) is 0 Å². The Labute approximate surface area is 99.4 Å². The summed E-state index contributed by atoms with van der Waals surface area (Å²) in [4.78, 5) is 24.6. The Kier molecular flexibility index (Phi) is 2.40. The molecule has 5 heteroatoms. The molecule has 0 aromatic rings. The molecule has 0 spiro atoms. The van der Waals surface area contributed by atoms with Crippen molar-refractivity contribution in [1.82, 2.24) is 4.90 Å². The number of likely N-dealkylation sites (tertiary alicyclic amines) is 1. The number of aliphatic hydroxyl groups is 1. The highest BCUT2D eigenvalue weighted by atomic mass is 16.4. The molecule has 2 N–H and O–H groups in total. The minimum absolute atomic E-state index is 0.00546. The fourth-order valence-electron chi connectivity index (χ4n) is 3.44. The predicted molar refractivity (Wildman–Crippen MR) is 58.1 cm³/mol. The van der Waals surface area contributed by atoms with Crippen molar-refractivity contribution < 1.29 is 19.8 Å². The van der Waals surface area contributed by atoms with E-state index in [2.05, 4.69) is 0 Å². The topological polar surface area (TPSA) is 77.8 Å². The summed E-state index contributed by atoms with van der Waals surface area (Å²) in [6, 6.07) is -0.825. The molecule has 94 valence electrons. The summed E-state index contributed by atoms with van der Waals surface area (Å²) in [5.74, 6) is 0.365. The number of carbonyl (C=O) groups excluding carboxylic acids is 1. The fraction of sp³-hybridized carbons (Fsp3) is 0.833. The molecule has 3 aliphatic rings. The molecule has 1 heterocycles. The maximum atomic E-state index is 12.2. The zero-order valence-corrected chi connectivity index (χ0v) is 9.58. The lowest BCUT2D eigenvalue weighted by molar-refractivity contribution is -0.150. The molecule has 5 nitrogen and oxygen atoms in total. The van der Waals surface area contributed by atoms with Crippen LogP contribution in [0.3, 0.4) is 0 Å². The Bertz CT molecular complexity index is 360. The molecule has 4 atom stereocenters. The van der Waals surface area contributed by atoms with Crippen LogP contribution >= 0.6 is 0 Å². The van der Waals surface area contributed by atoms with Crippen molar-refractivity contribution in [1.29, 1.82) is 0 Å². The van der Waals surface area contributed by atoms with E-state index in [9.17, 15) is 14.7 Å². The first-order valence-corrected chi connectivity index (χ1v) is 6.27. The number of fused-ring (bicyclic) bond motifs is 1. The molecule has 2 saturated carbocycles. The van der Waals surface area contributed by atoms with E-state index >= 15 is 0 Å². The van der Waals surface area contributed by atoms with Crippen molar-refractivity contribution in [3.8, 4) is 0 Å². The SMILES string of the molecule is O=C(O)[C@@H]1CC(O)CN1C(=O)C1CC2CC2C1. The molecule has 0 radical (unpaired) electrons. The highest BCUT2D eigenvalue weighted by Gasteiger charge is 2.50. The molecule has 1 aliphatic heterocycles. The number of aliphatic carboxylic acids is 1. The number of hydrogen-bond acceptors (Lipinski definition) is 3. The van der Waals surface area contributed by atoms with E-state index in [4.69, 9.17) is 5.11 Å². The number of carbonyl (C=O) groups is 2. The standard InChI is InChI=1S/C12H17NO4/c14-9-4-10(12(16)17)13(5-9)11(15)8-2-6-1-7(6)3-8/h6-10,14H,1-5H2,(H,16,17)/t6?,7?,8?,9?,10-/m0/s1. The van der Waals surface area contributed by atoms with E-state index in [-0.39, 0.29) is 24.8 Å². The number of hydrogen-bond donors (Lipinski definition) is 2. The Hall–Kier alpha value is -1.10. The lowest BCUT2D eigenvalue weighted by Crippen LogP contribution is -2.43. The lowest BCUT2D eigenvalue weighted by Gasteiger charge is -2.25. The van der Waals surface area contributed by atoms with Crippen LogP contribution in [0.15, 0.2) is 0 Å². The molecule has 0 aromatic heterocycles. The summed E-state index contributed by atoms with van der Waals surface area (Å²) in [5.41, 5.74) is 0. The number of carboxylic acids is 1. The van der Waals surface area contributed by atoms with Crippen molar-refractivity contribution in [2.75, 3.05) is 6.54 Å². The molecule has 0 bridgehead atoms. The van der Waals surface area contributed by atoms with Crippen molar-refractivity contribution in [2.24, 2.45) is 17.8 Å². The average Bonchev–Trinajstić information content (AvgIpc) is 2.74. The van der Waals surface area contributed by atoms with E-state index in [1.807, 2.05) is 0 Å². The number of β-amino-alcohol motifs (C(OH)–C–C–N with tert-alkyl or cyclic N) is 1. The van der Waals surface area contributed by atoms with Crippen molar-refractivity contribution in [2.45, 2.75) is 37.8 Å². The van der Waals surface area contributed by atoms with Gasteiger partial charge >= 0.3 is 5.97 Å². The third-order valence-electron chi connectivity index (χ3n) is 4.44. The van der Waals surface area contributed by atoms with Gasteiger partial charge in [-0.25, -0.2) is 4.79 Å². The number of amides is 1. The van der Waals surface area contributed by atoms with Crippen LogP contribution in [0.5, 0.6) is 0 Å². The van der Waals surface area contributed by atoms with E-state index in [0.29, 0.717) is 11.8 Å². The van der Waals surface area contributed by atoms with Crippen LogP contribution in [0.2, 0.25) is 0 Å². The Morgan fingerprint density at radius 1 is 1.06 bits per heavy atom. The zero-order valence-electron chi connectivity index (χ0n) is 9.58. The van der Waals surface area contributed by atoms with Crippen LogP contribution in [0.1, 0.15) is 25.7 Å². The van der Waals surface area contributed by atoms with Crippen LogP contribution in [-0.4, -0.2) is 45.7 Å². The number of nitrogens with zero attached hydrogens (tertiary/aromatic N) is 1. The second-order valence-electron chi connectivity index (χ2n) is 5.66. The minimum Gasteiger partial charge on any atom is -0.480 e. The predicted octanol–water partition coefficient (Wildman–Crippen LogP) is 0.0789. The minimum atomic E-state index is -1.00. The van der Waals surface area contributed by atoms with Crippen LogP contribution in [0.4, 0.5) is 0 Å². The largest absolute Gasteiger partial charge is 0.480 e. The van der Waals surface area contributed by atoms with Gasteiger partial charge in [0, 0.05) is 18.9 Å². The molecule has 17 heavy (non-hydrogen) atoms. The fourth-order valence-corrected chi connectivity index (χ4v) is 3.44. The van der Waals surface area contributed by atoms with E-state index < -0.39 is 18.1 Å². The first kappa shape index (κ1) is 11.0. The molecular weight excluding hydrogens is 222 g/mol. The number of rotatable bonds is 2. The normalized spacial score (nSPS) is 43.6. The Morgan fingerprint density at radius 2 is 1.71 bits per heavy atom. The van der Waals surface area contributed by atoms with Gasteiger partial charge in [0.2, 0.25) is 5.91 Å². The summed E-state index contributed by atoms with van der Waals surface area (Å²) in [5, 5.41) is 18.6. The van der Waals surface area contributed by atoms with Gasteiger partial charge in [0.05, 0.1) is 6.10 Å². The van der Waals surface area contributed by atoms with E-state index in [0.717, 1.165) is 12.8 Å². The van der Waals surface area contributed by atoms with Gasteiger partial charge in [0.1, 0.15) is 6.04 Å². The molecular formula is C12H17NO4. The lowest BCUT2D eigenvalue weighted by atomic mass is 10.0. The summed E-state index contributed by atoms with van der Waals surface area (Å²) < 4.78 is 0. The average molecular weight is 239 g/mol. The highest BCUT2D eigenvalue weighted by molar-refractivity contribution is 5.86. The molecule has 0 aromatic carbocycles. The van der Waals surface area contributed by atoms with Crippen LogP contribution in [0, 0.1) is 17.8 Å². The van der Waals surface area contributed by atoms with Gasteiger partial charge in [0.15, 0.2) is 0 Å². The quantitative estimate of drug-likeness (QED) is 0.715. The molecule has 3 unspecified atom stereocenters. The summed E-state index contributed by atoms with van der Waals surface area (Å²) in [6.45, 7) is 0.182. The van der Waals surface area contributed by atoms with Crippen LogP contribution < -0.4 is 0 Å². The third kappa shape index (κ3) is 1.82. The van der Waals surface area contributed by atoms with Gasteiger partial charge < -0.3 is 15.1 Å². The number of aliphatic hydroxyl groups excluding tert-OH is 1. The van der Waals surface area contributed by atoms with Crippen molar-refractivity contribution >= 4 is 11.9 Å². The number of carboxylic acid groups (broad SMARTS) is 1. The summed E-state index contributed by atoms with van der Waals surface area (Å²) in [7, 11) is 0. The van der Waals surface area contributed by atoms with Gasteiger partial charge in [-0.1, -0.05) is 0 Å². The van der Waals surface area contributed by atoms with Gasteiger partial charge in [-0.3, -0.25) is 4.79 Å². The van der Waals surface area contributed by atoms with E-state index in [1.54, 1.807) is 0 Å². The maximum absolute atomic E-state index is 12.2. The van der Waals surface area contributed by atoms with Gasteiger partial charge in [-0.15, -0.1) is 0 Å². The molecule has 3 fully saturated rings. The molecule has 1 saturated heterocycles. The first-order chi connectivity index (χ1) is 8.06. The molecule has 1 amide bonds. The van der Waals surface area contributed by atoms with E-state index in [1.165, 1.54) is 11.3 Å². The van der Waals surface area contributed by atoms with Crippen LogP contribution in [0.25, 0.3) is 0 Å². The van der Waals surface area contributed by atoms with Crippen molar-refractivity contribution in [3.63, 3.8) is 0 Å². The third-order valence-corrected chi connectivity index (χ3v) is 4.44. The molecule has 2 aliphatic carbocycles. The monoisotopic (exact) mass is 239 g/mol. The smallest absolute Gasteiger partial charge is 0.326 e. The Morgan fingerprint density at radius 3 is 2.29 bits per heavy atom. The first-order valence-electron chi connectivity index (χ1n) is 6.27. The highest BCUT2D eigenvalue weighted by Crippen LogP contribution is 2.54. The summed E-state index contributed by atoms with van der Waals surface area (Å²) >= 11 is 0.